The van der Waals surface area contributed by atoms with E-state index in [4.69, 9.17) is 5.11 Å². The molecule has 0 radical (unpaired) electrons. The van der Waals surface area contributed by atoms with Crippen LogP contribution < -0.4 is 0 Å². The molecular weight excluding hydrogens is 176 g/mol. The van der Waals surface area contributed by atoms with Crippen molar-refractivity contribution in [3.63, 3.8) is 0 Å². The molecule has 0 heterocycles. The topological polar surface area (TPSA) is 37.3 Å². The van der Waals surface area contributed by atoms with Crippen LogP contribution in [0.5, 0.6) is 0 Å². The van der Waals surface area contributed by atoms with Gasteiger partial charge in [0.25, 0.3) is 0 Å². The van der Waals surface area contributed by atoms with Crippen molar-refractivity contribution < 1.29 is 9.90 Å². The number of aliphatic carboxylic acids is 1. The molecule has 2 heteroatoms. The molecule has 1 fully saturated rings. The molecule has 1 saturated carbocycles. The highest BCUT2D eigenvalue weighted by Crippen LogP contribution is 2.32. The van der Waals surface area contributed by atoms with Crippen molar-refractivity contribution in [2.24, 2.45) is 11.8 Å². The second kappa shape index (κ2) is 6.05. The first-order valence-corrected chi connectivity index (χ1v) is 5.98. The summed E-state index contributed by atoms with van der Waals surface area (Å²) in [5.41, 5.74) is 0. The minimum atomic E-state index is -0.564. The Morgan fingerprint density at radius 3 is 2.50 bits per heavy atom. The Bertz CT molecular complexity index is 171. The Morgan fingerprint density at radius 1 is 1.36 bits per heavy atom. The average Bonchev–Trinajstić information content (AvgIpc) is 2.19. The number of carboxylic acid groups (broad SMARTS) is 1. The Balaban J connectivity index is 2.43. The summed E-state index contributed by atoms with van der Waals surface area (Å²) in [5.74, 6) is -0.159. The van der Waals surface area contributed by atoms with Gasteiger partial charge < -0.3 is 5.11 Å². The van der Waals surface area contributed by atoms with Gasteiger partial charge in [-0.3, -0.25) is 4.79 Å². The summed E-state index contributed by atoms with van der Waals surface area (Å²) in [6, 6.07) is 0. The molecule has 0 saturated heterocycles. The van der Waals surface area contributed by atoms with Crippen molar-refractivity contribution in [2.75, 3.05) is 0 Å². The first kappa shape index (κ1) is 11.5. The van der Waals surface area contributed by atoms with Crippen LogP contribution in [-0.4, -0.2) is 11.1 Å². The number of unbranched alkanes of at least 4 members (excludes halogenated alkanes) is 1. The van der Waals surface area contributed by atoms with E-state index in [1.54, 1.807) is 0 Å². The van der Waals surface area contributed by atoms with Crippen LogP contribution in [0.25, 0.3) is 0 Å². The molecule has 1 aliphatic rings. The highest BCUT2D eigenvalue weighted by atomic mass is 16.4. The van der Waals surface area contributed by atoms with Crippen LogP contribution in [0.3, 0.4) is 0 Å². The van der Waals surface area contributed by atoms with Crippen molar-refractivity contribution in [3.8, 4) is 0 Å². The van der Waals surface area contributed by atoms with E-state index in [0.29, 0.717) is 5.92 Å². The van der Waals surface area contributed by atoms with E-state index >= 15 is 0 Å². The van der Waals surface area contributed by atoms with Gasteiger partial charge in [0.15, 0.2) is 0 Å². The van der Waals surface area contributed by atoms with E-state index in [-0.39, 0.29) is 5.92 Å². The highest BCUT2D eigenvalue weighted by Gasteiger charge is 2.28. The summed E-state index contributed by atoms with van der Waals surface area (Å²) in [6.07, 6.45) is 9.11. The quantitative estimate of drug-likeness (QED) is 0.734. The van der Waals surface area contributed by atoms with Crippen molar-refractivity contribution in [3.05, 3.63) is 0 Å². The third-order valence-corrected chi connectivity index (χ3v) is 3.40. The molecule has 0 aromatic heterocycles. The van der Waals surface area contributed by atoms with E-state index in [9.17, 15) is 4.79 Å². The molecule has 0 aliphatic heterocycles. The first-order chi connectivity index (χ1) is 6.75. The van der Waals surface area contributed by atoms with Gasteiger partial charge in [0.05, 0.1) is 5.92 Å². The third-order valence-electron chi connectivity index (χ3n) is 3.40. The Morgan fingerprint density at radius 2 is 2.00 bits per heavy atom. The van der Waals surface area contributed by atoms with Crippen LogP contribution >= 0.6 is 0 Å². The SMILES string of the molecule is CCCCC(C(=O)O)C1CCCCC1. The highest BCUT2D eigenvalue weighted by molar-refractivity contribution is 5.70. The monoisotopic (exact) mass is 198 g/mol. The largest absolute Gasteiger partial charge is 0.481 e. The van der Waals surface area contributed by atoms with Gasteiger partial charge in [0.1, 0.15) is 0 Å². The van der Waals surface area contributed by atoms with E-state index in [1.807, 2.05) is 0 Å². The van der Waals surface area contributed by atoms with Crippen molar-refractivity contribution >= 4 is 5.97 Å². The maximum atomic E-state index is 11.1. The fourth-order valence-electron chi connectivity index (χ4n) is 2.52. The van der Waals surface area contributed by atoms with Crippen molar-refractivity contribution in [1.29, 1.82) is 0 Å². The summed E-state index contributed by atoms with van der Waals surface area (Å²) in [5, 5.41) is 9.15. The van der Waals surface area contributed by atoms with Gasteiger partial charge in [0.2, 0.25) is 0 Å². The summed E-state index contributed by atoms with van der Waals surface area (Å²) < 4.78 is 0. The number of rotatable bonds is 5. The molecule has 14 heavy (non-hydrogen) atoms. The maximum Gasteiger partial charge on any atom is 0.306 e. The number of carboxylic acids is 1. The standard InChI is InChI=1S/C12H22O2/c1-2-3-9-11(12(13)14)10-7-5-4-6-8-10/h10-11H,2-9H2,1H3,(H,13,14). The lowest BCUT2D eigenvalue weighted by Gasteiger charge is -2.27. The van der Waals surface area contributed by atoms with Gasteiger partial charge in [0, 0.05) is 0 Å². The smallest absolute Gasteiger partial charge is 0.306 e. The Hall–Kier alpha value is -0.530. The third kappa shape index (κ3) is 3.32. The van der Waals surface area contributed by atoms with E-state index in [1.165, 1.54) is 19.3 Å². The van der Waals surface area contributed by atoms with E-state index in [0.717, 1.165) is 32.1 Å². The van der Waals surface area contributed by atoms with Crippen LogP contribution in [-0.2, 0) is 4.79 Å². The van der Waals surface area contributed by atoms with E-state index in [2.05, 4.69) is 6.92 Å². The molecule has 1 aliphatic carbocycles. The van der Waals surface area contributed by atoms with Crippen LogP contribution in [0, 0.1) is 11.8 Å². The molecule has 0 bridgehead atoms. The lowest BCUT2D eigenvalue weighted by molar-refractivity contribution is -0.144. The fraction of sp³-hybridized carbons (Fsp3) is 0.917. The van der Waals surface area contributed by atoms with Gasteiger partial charge in [-0.15, -0.1) is 0 Å². The van der Waals surface area contributed by atoms with Gasteiger partial charge >= 0.3 is 5.97 Å². The molecule has 0 aromatic carbocycles. The Labute approximate surface area is 86.7 Å². The molecule has 2 nitrogen and oxygen atoms in total. The van der Waals surface area contributed by atoms with Gasteiger partial charge in [-0.25, -0.2) is 0 Å². The van der Waals surface area contributed by atoms with Crippen molar-refractivity contribution in [2.45, 2.75) is 58.3 Å². The lowest BCUT2D eigenvalue weighted by Crippen LogP contribution is -2.25. The molecule has 0 amide bonds. The molecule has 1 N–H and O–H groups in total. The molecule has 82 valence electrons. The average molecular weight is 198 g/mol. The predicted octanol–water partition coefficient (Wildman–Crippen LogP) is 3.46. The maximum absolute atomic E-state index is 11.1. The lowest BCUT2D eigenvalue weighted by atomic mass is 9.78. The molecule has 0 spiro atoms. The summed E-state index contributed by atoms with van der Waals surface area (Å²) in [7, 11) is 0. The fourth-order valence-corrected chi connectivity index (χ4v) is 2.52. The second-order valence-corrected chi connectivity index (χ2v) is 4.49. The predicted molar refractivity (Wildman–Crippen MR) is 57.2 cm³/mol. The molecule has 1 unspecified atom stereocenters. The molecule has 1 atom stereocenters. The number of hydrogen-bond acceptors (Lipinski definition) is 1. The minimum absolute atomic E-state index is 0.0600. The van der Waals surface area contributed by atoms with Gasteiger partial charge in [-0.05, 0) is 25.2 Å². The number of hydrogen-bond donors (Lipinski definition) is 1. The molecule has 0 aromatic rings. The van der Waals surface area contributed by atoms with Gasteiger partial charge in [-0.2, -0.15) is 0 Å². The van der Waals surface area contributed by atoms with Crippen LogP contribution in [0.1, 0.15) is 58.3 Å². The van der Waals surface area contributed by atoms with Crippen LogP contribution in [0.15, 0.2) is 0 Å². The van der Waals surface area contributed by atoms with Crippen LogP contribution in [0.4, 0.5) is 0 Å². The minimum Gasteiger partial charge on any atom is -0.481 e. The number of carbonyl (C=O) groups is 1. The van der Waals surface area contributed by atoms with Crippen LogP contribution in [0.2, 0.25) is 0 Å². The Kier molecular flexibility index (Phi) is 4.99. The zero-order valence-electron chi connectivity index (χ0n) is 9.17. The summed E-state index contributed by atoms with van der Waals surface area (Å²) in [6.45, 7) is 2.12. The second-order valence-electron chi connectivity index (χ2n) is 4.49. The van der Waals surface area contributed by atoms with Gasteiger partial charge in [-0.1, -0.05) is 39.0 Å². The van der Waals surface area contributed by atoms with Crippen molar-refractivity contribution in [1.82, 2.24) is 0 Å². The summed E-state index contributed by atoms with van der Waals surface area (Å²) in [4.78, 5) is 11.1. The van der Waals surface area contributed by atoms with E-state index < -0.39 is 5.97 Å². The zero-order valence-corrected chi connectivity index (χ0v) is 9.17. The normalized spacial score (nSPS) is 20.6. The summed E-state index contributed by atoms with van der Waals surface area (Å²) >= 11 is 0. The molecule has 1 rings (SSSR count). The first-order valence-electron chi connectivity index (χ1n) is 5.98. The molecular formula is C12H22O2. The zero-order chi connectivity index (χ0) is 10.4.